The molecule has 0 spiro atoms. The number of rotatable bonds is 4. The van der Waals surface area contributed by atoms with E-state index in [-0.39, 0.29) is 18.1 Å². The predicted molar refractivity (Wildman–Crippen MR) is 81.0 cm³/mol. The van der Waals surface area contributed by atoms with Crippen molar-refractivity contribution >= 4 is 11.3 Å². The van der Waals surface area contributed by atoms with Gasteiger partial charge in [0, 0.05) is 17.8 Å². The van der Waals surface area contributed by atoms with Gasteiger partial charge in [-0.2, -0.15) is 5.10 Å². The van der Waals surface area contributed by atoms with E-state index >= 15 is 0 Å². The minimum atomic E-state index is -0.0123. The first-order valence-corrected chi connectivity index (χ1v) is 7.05. The fourth-order valence-corrected chi connectivity index (χ4v) is 2.00. The van der Waals surface area contributed by atoms with Gasteiger partial charge >= 0.3 is 0 Å². The first kappa shape index (κ1) is 14.8. The van der Waals surface area contributed by atoms with Crippen LogP contribution in [0.5, 0.6) is 0 Å². The van der Waals surface area contributed by atoms with Crippen LogP contribution in [0.25, 0.3) is 5.52 Å². The van der Waals surface area contributed by atoms with Crippen molar-refractivity contribution in [3.05, 3.63) is 24.2 Å². The van der Waals surface area contributed by atoms with Crippen molar-refractivity contribution in [3.63, 3.8) is 0 Å². The smallest absolute Gasteiger partial charge is 0.152 e. The van der Waals surface area contributed by atoms with Gasteiger partial charge in [0.2, 0.25) is 0 Å². The third-order valence-corrected chi connectivity index (χ3v) is 3.48. The zero-order valence-corrected chi connectivity index (χ0v) is 12.9. The van der Waals surface area contributed by atoms with Crippen molar-refractivity contribution in [2.75, 3.05) is 11.9 Å². The van der Waals surface area contributed by atoms with E-state index in [1.807, 2.05) is 10.7 Å². The molecule has 2 rings (SSSR count). The maximum atomic E-state index is 9.45. The van der Waals surface area contributed by atoms with Gasteiger partial charge in [-0.3, -0.25) is 0 Å². The van der Waals surface area contributed by atoms with Crippen molar-refractivity contribution in [3.8, 4) is 0 Å². The molecule has 2 aromatic rings. The summed E-state index contributed by atoms with van der Waals surface area (Å²) in [6.45, 7) is 10.6. The van der Waals surface area contributed by atoms with E-state index in [9.17, 15) is 5.11 Å². The highest BCUT2D eigenvalue weighted by Crippen LogP contribution is 2.25. The molecule has 5 heteroatoms. The van der Waals surface area contributed by atoms with Crippen LogP contribution < -0.4 is 5.32 Å². The zero-order chi connectivity index (χ0) is 14.9. The monoisotopic (exact) mass is 276 g/mol. The minimum absolute atomic E-state index is 0.00226. The molecular weight excluding hydrogens is 252 g/mol. The molecule has 1 atom stereocenters. The van der Waals surface area contributed by atoms with E-state index in [0.29, 0.717) is 5.92 Å². The number of aliphatic hydroxyl groups excluding tert-OH is 1. The van der Waals surface area contributed by atoms with E-state index < -0.39 is 0 Å². The first-order valence-electron chi connectivity index (χ1n) is 7.05. The molecule has 2 N–H and O–H groups in total. The summed E-state index contributed by atoms with van der Waals surface area (Å²) in [5.74, 6) is 1.09. The second kappa shape index (κ2) is 5.40. The Morgan fingerprint density at radius 3 is 2.60 bits per heavy atom. The second-order valence-corrected chi connectivity index (χ2v) is 6.56. The molecule has 0 saturated carbocycles. The van der Waals surface area contributed by atoms with Crippen molar-refractivity contribution < 1.29 is 5.11 Å². The molecule has 20 heavy (non-hydrogen) atoms. The molecule has 1 unspecified atom stereocenters. The Morgan fingerprint density at radius 2 is 2.05 bits per heavy atom. The van der Waals surface area contributed by atoms with Gasteiger partial charge in [0.1, 0.15) is 5.52 Å². The fraction of sp³-hybridized carbons (Fsp3) is 0.600. The van der Waals surface area contributed by atoms with E-state index in [0.717, 1.165) is 17.0 Å². The minimum Gasteiger partial charge on any atom is -0.394 e. The number of nitrogens with zero attached hydrogens (tertiary/aromatic N) is 3. The van der Waals surface area contributed by atoms with Crippen molar-refractivity contribution in [1.82, 2.24) is 14.6 Å². The largest absolute Gasteiger partial charge is 0.394 e. The molecule has 0 aliphatic heterocycles. The predicted octanol–water partition coefficient (Wildman–Crippen LogP) is 2.46. The molecule has 5 nitrogen and oxygen atoms in total. The Bertz CT molecular complexity index is 583. The fourth-order valence-electron chi connectivity index (χ4n) is 2.00. The lowest BCUT2D eigenvalue weighted by molar-refractivity contribution is 0.249. The molecule has 0 saturated heterocycles. The van der Waals surface area contributed by atoms with Crippen molar-refractivity contribution in [2.24, 2.45) is 5.92 Å². The summed E-state index contributed by atoms with van der Waals surface area (Å²) in [4.78, 5) is 4.39. The van der Waals surface area contributed by atoms with Crippen LogP contribution >= 0.6 is 0 Å². The molecule has 0 aliphatic rings. The van der Waals surface area contributed by atoms with E-state index in [1.54, 1.807) is 6.20 Å². The number of anilines is 1. The molecular formula is C15H24N4O. The van der Waals surface area contributed by atoms with Crippen LogP contribution in [-0.2, 0) is 5.41 Å². The first-order chi connectivity index (χ1) is 9.32. The van der Waals surface area contributed by atoms with Crippen LogP contribution in [0.1, 0.15) is 40.3 Å². The van der Waals surface area contributed by atoms with Crippen LogP contribution in [0.4, 0.5) is 5.82 Å². The summed E-state index contributed by atoms with van der Waals surface area (Å²) < 4.78 is 1.84. The van der Waals surface area contributed by atoms with Gasteiger partial charge < -0.3 is 10.4 Å². The lowest BCUT2D eigenvalue weighted by Gasteiger charge is -2.20. The number of aromatic nitrogens is 3. The molecule has 2 aromatic heterocycles. The van der Waals surface area contributed by atoms with E-state index in [4.69, 9.17) is 0 Å². The Hall–Kier alpha value is -1.62. The Kier molecular flexibility index (Phi) is 3.99. The SMILES string of the molecule is CC(C)C(CO)Nc1nccn2nc(C(C)(C)C)cc12. The topological polar surface area (TPSA) is 62.5 Å². The summed E-state index contributed by atoms with van der Waals surface area (Å²) in [7, 11) is 0. The van der Waals surface area contributed by atoms with Gasteiger partial charge in [0.05, 0.1) is 18.3 Å². The van der Waals surface area contributed by atoms with Crippen LogP contribution in [0.3, 0.4) is 0 Å². The molecule has 0 aliphatic carbocycles. The summed E-state index contributed by atoms with van der Waals surface area (Å²) >= 11 is 0. The standard InChI is InChI=1S/C15H24N4O/c1-10(2)11(9-20)17-14-12-8-13(15(3,4)5)18-19(12)7-6-16-14/h6-8,10-11,20H,9H2,1-5H3,(H,16,17). The summed E-state index contributed by atoms with van der Waals surface area (Å²) in [5.41, 5.74) is 1.97. The van der Waals surface area contributed by atoms with Crippen molar-refractivity contribution in [2.45, 2.75) is 46.1 Å². The van der Waals surface area contributed by atoms with Crippen molar-refractivity contribution in [1.29, 1.82) is 0 Å². The summed E-state index contributed by atoms with van der Waals surface area (Å²) in [6, 6.07) is 2.05. The molecule has 2 heterocycles. The number of aliphatic hydroxyl groups is 1. The van der Waals surface area contributed by atoms with E-state index in [1.165, 1.54) is 0 Å². The maximum Gasteiger partial charge on any atom is 0.152 e. The third-order valence-electron chi connectivity index (χ3n) is 3.48. The highest BCUT2D eigenvalue weighted by Gasteiger charge is 2.20. The lowest BCUT2D eigenvalue weighted by Crippen LogP contribution is -2.30. The molecule has 0 bridgehead atoms. The van der Waals surface area contributed by atoms with Crippen LogP contribution in [0.15, 0.2) is 18.5 Å². The number of fused-ring (bicyclic) bond motifs is 1. The van der Waals surface area contributed by atoms with E-state index in [2.05, 4.69) is 56.1 Å². The van der Waals surface area contributed by atoms with Gasteiger partial charge in [-0.25, -0.2) is 9.50 Å². The normalized spacial score (nSPS) is 13.9. The quantitative estimate of drug-likeness (QED) is 0.900. The average Bonchev–Trinajstić information content (AvgIpc) is 2.79. The Morgan fingerprint density at radius 1 is 1.35 bits per heavy atom. The molecule has 0 amide bonds. The number of hydrogen-bond acceptors (Lipinski definition) is 4. The second-order valence-electron chi connectivity index (χ2n) is 6.56. The van der Waals surface area contributed by atoms with Gasteiger partial charge in [0.15, 0.2) is 5.82 Å². The summed E-state index contributed by atoms with van der Waals surface area (Å²) in [6.07, 6.45) is 3.57. The highest BCUT2D eigenvalue weighted by atomic mass is 16.3. The van der Waals surface area contributed by atoms with Gasteiger partial charge in [-0.1, -0.05) is 34.6 Å². The van der Waals surface area contributed by atoms with Crippen LogP contribution in [0.2, 0.25) is 0 Å². The van der Waals surface area contributed by atoms with Crippen LogP contribution in [-0.4, -0.2) is 32.4 Å². The van der Waals surface area contributed by atoms with Gasteiger partial charge in [0.25, 0.3) is 0 Å². The third kappa shape index (κ3) is 2.93. The zero-order valence-electron chi connectivity index (χ0n) is 12.9. The Balaban J connectivity index is 2.41. The molecule has 110 valence electrons. The van der Waals surface area contributed by atoms with Crippen LogP contribution in [0, 0.1) is 5.92 Å². The maximum absolute atomic E-state index is 9.45. The molecule has 0 radical (unpaired) electrons. The van der Waals surface area contributed by atoms with Gasteiger partial charge in [-0.05, 0) is 12.0 Å². The number of nitrogens with one attached hydrogen (secondary N) is 1. The summed E-state index contributed by atoms with van der Waals surface area (Å²) in [5, 5.41) is 17.4. The Labute approximate surface area is 120 Å². The van der Waals surface area contributed by atoms with Gasteiger partial charge in [-0.15, -0.1) is 0 Å². The highest BCUT2D eigenvalue weighted by molar-refractivity contribution is 5.68. The average molecular weight is 276 g/mol. The lowest BCUT2D eigenvalue weighted by atomic mass is 9.92. The molecule has 0 aromatic carbocycles. The number of hydrogen-bond donors (Lipinski definition) is 2. The molecule has 0 fully saturated rings.